The van der Waals surface area contributed by atoms with Crippen molar-refractivity contribution in [3.8, 4) is 11.5 Å². The lowest BCUT2D eigenvalue weighted by atomic mass is 10.1. The van der Waals surface area contributed by atoms with Crippen LogP contribution in [0, 0.1) is 0 Å². The normalized spacial score (nSPS) is 13.9. The maximum absolute atomic E-state index is 13.2. The first-order chi connectivity index (χ1) is 14.5. The van der Waals surface area contributed by atoms with Gasteiger partial charge in [0.25, 0.3) is 0 Å². The number of methoxy groups -OCH3 is 3. The molecule has 2 aromatic carbocycles. The fourth-order valence-electron chi connectivity index (χ4n) is 3.41. The van der Waals surface area contributed by atoms with E-state index >= 15 is 0 Å². The molecule has 0 unspecified atom stereocenters. The quantitative estimate of drug-likeness (QED) is 0.719. The first-order valence-corrected chi connectivity index (χ1v) is 9.72. The third kappa shape index (κ3) is 5.01. The second-order valence-corrected chi connectivity index (χ2v) is 6.93. The Balaban J connectivity index is 1.79. The third-order valence-electron chi connectivity index (χ3n) is 4.87. The minimum Gasteiger partial charge on any atom is -0.497 e. The summed E-state index contributed by atoms with van der Waals surface area (Å²) < 4.78 is 15.5. The van der Waals surface area contributed by atoms with Crippen LogP contribution < -0.4 is 19.7 Å². The summed E-state index contributed by atoms with van der Waals surface area (Å²) in [7, 11) is 4.65. The first kappa shape index (κ1) is 21.4. The molecule has 0 aliphatic carbocycles. The van der Waals surface area contributed by atoms with E-state index in [0.717, 1.165) is 17.7 Å². The Morgan fingerprint density at radius 1 is 1.03 bits per heavy atom. The molecule has 1 heterocycles. The molecule has 30 heavy (non-hydrogen) atoms. The van der Waals surface area contributed by atoms with Gasteiger partial charge in [0.15, 0.2) is 0 Å². The van der Waals surface area contributed by atoms with Gasteiger partial charge in [-0.3, -0.25) is 9.69 Å². The van der Waals surface area contributed by atoms with Crippen molar-refractivity contribution in [1.82, 2.24) is 4.90 Å². The Kier molecular flexibility index (Phi) is 7.13. The van der Waals surface area contributed by atoms with Crippen LogP contribution >= 0.6 is 0 Å². The van der Waals surface area contributed by atoms with Crippen LogP contribution in [0.5, 0.6) is 11.5 Å². The van der Waals surface area contributed by atoms with E-state index < -0.39 is 0 Å². The Labute approximate surface area is 176 Å². The largest absolute Gasteiger partial charge is 0.497 e. The van der Waals surface area contributed by atoms with Crippen molar-refractivity contribution in [2.75, 3.05) is 51.2 Å². The first-order valence-electron chi connectivity index (χ1n) is 9.72. The van der Waals surface area contributed by atoms with E-state index in [1.54, 1.807) is 42.2 Å². The van der Waals surface area contributed by atoms with E-state index in [4.69, 9.17) is 14.2 Å². The Morgan fingerprint density at radius 3 is 2.47 bits per heavy atom. The maximum Gasteiger partial charge on any atom is 0.324 e. The molecule has 1 fully saturated rings. The van der Waals surface area contributed by atoms with E-state index in [2.05, 4.69) is 5.32 Å². The zero-order valence-electron chi connectivity index (χ0n) is 17.5. The molecule has 1 N–H and O–H groups in total. The number of carbonyl (C=O) groups is 2. The Morgan fingerprint density at radius 2 is 1.80 bits per heavy atom. The predicted molar refractivity (Wildman–Crippen MR) is 114 cm³/mol. The molecule has 0 bridgehead atoms. The van der Waals surface area contributed by atoms with Crippen molar-refractivity contribution in [3.05, 3.63) is 48.0 Å². The topological polar surface area (TPSA) is 80.3 Å². The maximum atomic E-state index is 13.2. The molecular weight excluding hydrogens is 386 g/mol. The molecule has 0 saturated carbocycles. The number of benzene rings is 2. The van der Waals surface area contributed by atoms with Gasteiger partial charge in [0.05, 0.1) is 19.9 Å². The average molecular weight is 413 g/mol. The fraction of sp³-hybridized carbons (Fsp3) is 0.364. The standard InChI is InChI=1S/C22H27N3O5/c1-28-15-21(26)23-17-7-10-20(30-3)19(13-17)25-12-4-11-24(22(25)27)14-16-5-8-18(29-2)9-6-16/h5-10,13H,4,11-12,14-15H2,1-3H3,(H,23,26). The number of anilines is 2. The van der Waals surface area contributed by atoms with Crippen LogP contribution in [0.4, 0.5) is 16.2 Å². The smallest absolute Gasteiger partial charge is 0.324 e. The van der Waals surface area contributed by atoms with E-state index in [1.165, 1.54) is 7.11 Å². The van der Waals surface area contributed by atoms with Crippen molar-refractivity contribution >= 4 is 23.3 Å². The molecule has 1 aliphatic rings. The average Bonchev–Trinajstić information content (AvgIpc) is 2.76. The van der Waals surface area contributed by atoms with E-state index in [1.807, 2.05) is 24.3 Å². The third-order valence-corrected chi connectivity index (χ3v) is 4.87. The van der Waals surface area contributed by atoms with E-state index in [-0.39, 0.29) is 18.5 Å². The number of ether oxygens (including phenoxy) is 3. The molecule has 2 aromatic rings. The van der Waals surface area contributed by atoms with Crippen molar-refractivity contribution in [2.45, 2.75) is 13.0 Å². The summed E-state index contributed by atoms with van der Waals surface area (Å²) in [6.07, 6.45) is 0.825. The molecule has 0 radical (unpaired) electrons. The van der Waals surface area contributed by atoms with Gasteiger partial charge >= 0.3 is 6.03 Å². The summed E-state index contributed by atoms with van der Waals surface area (Å²) in [6, 6.07) is 12.8. The van der Waals surface area contributed by atoms with Crippen molar-refractivity contribution in [3.63, 3.8) is 0 Å². The summed E-state index contributed by atoms with van der Waals surface area (Å²) in [5, 5.41) is 2.77. The zero-order chi connectivity index (χ0) is 21.5. The molecule has 0 aromatic heterocycles. The number of hydrogen-bond donors (Lipinski definition) is 1. The monoisotopic (exact) mass is 413 g/mol. The van der Waals surface area contributed by atoms with Gasteiger partial charge in [0.2, 0.25) is 5.91 Å². The van der Waals surface area contributed by atoms with Crippen molar-refractivity contribution < 1.29 is 23.8 Å². The highest BCUT2D eigenvalue weighted by Crippen LogP contribution is 2.33. The van der Waals surface area contributed by atoms with Crippen molar-refractivity contribution in [1.29, 1.82) is 0 Å². The molecule has 8 heteroatoms. The summed E-state index contributed by atoms with van der Waals surface area (Å²) >= 11 is 0. The van der Waals surface area contributed by atoms with Gasteiger partial charge in [-0.05, 0) is 42.3 Å². The van der Waals surface area contributed by atoms with Gasteiger partial charge in [0.1, 0.15) is 18.1 Å². The summed E-state index contributed by atoms with van der Waals surface area (Å²) in [5.74, 6) is 1.08. The molecule has 0 spiro atoms. The van der Waals surface area contributed by atoms with Crippen LogP contribution in [-0.4, -0.2) is 57.9 Å². The van der Waals surface area contributed by atoms with Gasteiger partial charge in [-0.2, -0.15) is 0 Å². The molecule has 8 nitrogen and oxygen atoms in total. The molecule has 3 rings (SSSR count). The van der Waals surface area contributed by atoms with Gasteiger partial charge in [-0.1, -0.05) is 12.1 Å². The van der Waals surface area contributed by atoms with E-state index in [0.29, 0.717) is 36.8 Å². The van der Waals surface area contributed by atoms with Crippen LogP contribution in [0.1, 0.15) is 12.0 Å². The number of carbonyl (C=O) groups excluding carboxylic acids is 2. The van der Waals surface area contributed by atoms with Crippen LogP contribution in [0.2, 0.25) is 0 Å². The second kappa shape index (κ2) is 9.98. The van der Waals surface area contributed by atoms with Crippen molar-refractivity contribution in [2.24, 2.45) is 0 Å². The molecule has 1 saturated heterocycles. The number of nitrogens with one attached hydrogen (secondary N) is 1. The van der Waals surface area contributed by atoms with Crippen LogP contribution in [0.15, 0.2) is 42.5 Å². The number of amides is 3. The van der Waals surface area contributed by atoms with E-state index in [9.17, 15) is 9.59 Å². The molecule has 3 amide bonds. The van der Waals surface area contributed by atoms with Crippen LogP contribution in [0.25, 0.3) is 0 Å². The van der Waals surface area contributed by atoms with Crippen LogP contribution in [0.3, 0.4) is 0 Å². The number of urea groups is 1. The highest BCUT2D eigenvalue weighted by atomic mass is 16.5. The molecule has 0 atom stereocenters. The van der Waals surface area contributed by atoms with Gasteiger partial charge in [0, 0.05) is 32.4 Å². The minimum absolute atomic E-state index is 0.0420. The number of rotatable bonds is 8. The number of nitrogens with zero attached hydrogens (tertiary/aromatic N) is 2. The number of hydrogen-bond acceptors (Lipinski definition) is 5. The Bertz CT molecular complexity index is 885. The summed E-state index contributed by atoms with van der Waals surface area (Å²) in [5.41, 5.74) is 2.23. The Hall–Kier alpha value is -3.26. The highest BCUT2D eigenvalue weighted by molar-refractivity contribution is 5.97. The lowest BCUT2D eigenvalue weighted by Crippen LogP contribution is -2.49. The summed E-state index contributed by atoms with van der Waals surface area (Å²) in [4.78, 5) is 28.6. The molecule has 1 aliphatic heterocycles. The van der Waals surface area contributed by atoms with Crippen LogP contribution in [-0.2, 0) is 16.1 Å². The SMILES string of the molecule is COCC(=O)Nc1ccc(OC)c(N2CCCN(Cc3ccc(OC)cc3)C2=O)c1. The molecule has 160 valence electrons. The fourth-order valence-corrected chi connectivity index (χ4v) is 3.41. The zero-order valence-corrected chi connectivity index (χ0v) is 17.5. The minimum atomic E-state index is -0.264. The molecular formula is C22H27N3O5. The lowest BCUT2D eigenvalue weighted by Gasteiger charge is -2.36. The van der Waals surface area contributed by atoms with Gasteiger partial charge < -0.3 is 24.4 Å². The second-order valence-electron chi connectivity index (χ2n) is 6.93. The van der Waals surface area contributed by atoms with Gasteiger partial charge in [-0.15, -0.1) is 0 Å². The predicted octanol–water partition coefficient (Wildman–Crippen LogP) is 3.12. The van der Waals surface area contributed by atoms with Gasteiger partial charge in [-0.25, -0.2) is 4.79 Å². The summed E-state index contributed by atoms with van der Waals surface area (Å²) in [6.45, 7) is 1.71. The lowest BCUT2D eigenvalue weighted by molar-refractivity contribution is -0.119. The highest BCUT2D eigenvalue weighted by Gasteiger charge is 2.29.